The van der Waals surface area contributed by atoms with Crippen LogP contribution in [0.1, 0.15) is 33.3 Å². The third kappa shape index (κ3) is 2.04. The molecule has 1 aromatic rings. The summed E-state index contributed by atoms with van der Waals surface area (Å²) < 4.78 is 5.51. The normalized spacial score (nSPS) is 33.5. The average molecular weight is 303 g/mol. The van der Waals surface area contributed by atoms with E-state index in [1.807, 2.05) is 39.0 Å². The van der Waals surface area contributed by atoms with E-state index < -0.39 is 5.60 Å². The van der Waals surface area contributed by atoms with Crippen LogP contribution in [0.15, 0.2) is 30.3 Å². The summed E-state index contributed by atoms with van der Waals surface area (Å²) in [6, 6.07) is 10.2. The molecule has 0 radical (unpaired) electrons. The molecular weight excluding hydrogens is 278 g/mol. The first-order valence-corrected chi connectivity index (χ1v) is 7.89. The number of likely N-dealkylation sites (tertiary alicyclic amines) is 1. The maximum atomic E-state index is 12.4. The quantitative estimate of drug-likeness (QED) is 0.914. The number of benzene rings is 1. The summed E-state index contributed by atoms with van der Waals surface area (Å²) in [4.78, 5) is 14.2. The molecule has 3 atom stereocenters. The number of fused-ring (bicyclic) bond motifs is 1. The Bertz CT molecular complexity index is 580. The highest BCUT2D eigenvalue weighted by molar-refractivity contribution is 5.70. The van der Waals surface area contributed by atoms with Crippen LogP contribution in [0, 0.1) is 11.3 Å². The van der Waals surface area contributed by atoms with Crippen molar-refractivity contribution in [3.05, 3.63) is 35.9 Å². The van der Waals surface area contributed by atoms with Crippen LogP contribution < -0.4 is 0 Å². The van der Waals surface area contributed by atoms with Crippen molar-refractivity contribution < 1.29 is 14.6 Å². The van der Waals surface area contributed by atoms with Crippen LogP contribution >= 0.6 is 0 Å². The van der Waals surface area contributed by atoms with Gasteiger partial charge in [-0.25, -0.2) is 4.79 Å². The van der Waals surface area contributed by atoms with Crippen molar-refractivity contribution in [2.24, 2.45) is 11.3 Å². The second kappa shape index (κ2) is 4.72. The summed E-state index contributed by atoms with van der Waals surface area (Å²) in [7, 11) is 0. The molecule has 4 heteroatoms. The number of nitrogens with zero attached hydrogens (tertiary/aromatic N) is 1. The van der Waals surface area contributed by atoms with Crippen molar-refractivity contribution in [3.63, 3.8) is 0 Å². The Kier molecular flexibility index (Phi) is 3.29. The van der Waals surface area contributed by atoms with Crippen LogP contribution in [0.5, 0.6) is 0 Å². The molecule has 1 heterocycles. The topological polar surface area (TPSA) is 49.8 Å². The lowest BCUT2D eigenvalue weighted by Gasteiger charge is -2.28. The number of ether oxygens (including phenoxy) is 1. The molecule has 1 aromatic carbocycles. The first-order valence-electron chi connectivity index (χ1n) is 7.89. The van der Waals surface area contributed by atoms with Crippen LogP contribution in [0.4, 0.5) is 4.79 Å². The van der Waals surface area contributed by atoms with E-state index in [4.69, 9.17) is 4.74 Å². The van der Waals surface area contributed by atoms with Gasteiger partial charge in [-0.2, -0.15) is 0 Å². The van der Waals surface area contributed by atoms with E-state index in [-0.39, 0.29) is 29.4 Å². The van der Waals surface area contributed by atoms with Crippen molar-refractivity contribution in [2.45, 2.75) is 38.7 Å². The molecular formula is C18H25NO3. The summed E-state index contributed by atoms with van der Waals surface area (Å²) in [6.45, 7) is 9.24. The smallest absolute Gasteiger partial charge is 0.410 e. The van der Waals surface area contributed by atoms with Crippen LogP contribution in [0.25, 0.3) is 0 Å². The van der Waals surface area contributed by atoms with Gasteiger partial charge >= 0.3 is 6.09 Å². The molecule has 1 N–H and O–H groups in total. The molecule has 22 heavy (non-hydrogen) atoms. The molecule has 1 saturated heterocycles. The number of carbonyl (C=O) groups excluding carboxylic acids is 1. The van der Waals surface area contributed by atoms with Gasteiger partial charge in [0.25, 0.3) is 0 Å². The highest BCUT2D eigenvalue weighted by Crippen LogP contribution is 2.73. The molecule has 0 aromatic heterocycles. The number of piperidine rings is 1. The van der Waals surface area contributed by atoms with Crippen molar-refractivity contribution >= 4 is 6.09 Å². The van der Waals surface area contributed by atoms with Gasteiger partial charge in [0.15, 0.2) is 0 Å². The Morgan fingerprint density at radius 1 is 1.32 bits per heavy atom. The molecule has 3 unspecified atom stereocenters. The van der Waals surface area contributed by atoms with Gasteiger partial charge in [-0.05, 0) is 26.3 Å². The lowest BCUT2D eigenvalue weighted by atomic mass is 9.89. The van der Waals surface area contributed by atoms with Gasteiger partial charge in [0.1, 0.15) is 5.60 Å². The molecule has 1 aliphatic carbocycles. The Balaban J connectivity index is 1.86. The molecule has 2 aliphatic rings. The molecule has 4 nitrogen and oxygen atoms in total. The number of hydrogen-bond acceptors (Lipinski definition) is 3. The maximum absolute atomic E-state index is 12.4. The minimum atomic E-state index is -0.485. The SMILES string of the molecule is CC(C)(C)OC(=O)N1CC2(C)C(CO)C2(c2ccccc2)C1. The van der Waals surface area contributed by atoms with E-state index >= 15 is 0 Å². The molecule has 0 spiro atoms. The van der Waals surface area contributed by atoms with Crippen LogP contribution in [0.2, 0.25) is 0 Å². The zero-order valence-electron chi connectivity index (χ0n) is 13.8. The molecule has 0 bridgehead atoms. The maximum Gasteiger partial charge on any atom is 0.410 e. The average Bonchev–Trinajstić information content (AvgIpc) is 2.78. The summed E-state index contributed by atoms with van der Waals surface area (Å²) in [6.07, 6.45) is -0.257. The predicted octanol–water partition coefficient (Wildman–Crippen LogP) is 2.80. The number of amides is 1. The summed E-state index contributed by atoms with van der Waals surface area (Å²) in [5.41, 5.74) is 0.517. The zero-order chi connectivity index (χ0) is 16.2. The number of aliphatic hydroxyl groups is 1. The molecule has 1 amide bonds. The van der Waals surface area contributed by atoms with Crippen LogP contribution in [-0.4, -0.2) is 41.4 Å². The summed E-state index contributed by atoms with van der Waals surface area (Å²) in [5.74, 6) is 0.209. The lowest BCUT2D eigenvalue weighted by Crippen LogP contribution is -2.39. The summed E-state index contributed by atoms with van der Waals surface area (Å²) >= 11 is 0. The first kappa shape index (κ1) is 15.3. The Morgan fingerprint density at radius 3 is 2.50 bits per heavy atom. The molecule has 1 aliphatic heterocycles. The second-order valence-electron chi connectivity index (χ2n) is 7.83. The van der Waals surface area contributed by atoms with Crippen molar-refractivity contribution in [2.75, 3.05) is 19.7 Å². The van der Waals surface area contributed by atoms with Gasteiger partial charge in [0, 0.05) is 36.4 Å². The first-order chi connectivity index (χ1) is 10.2. The second-order valence-corrected chi connectivity index (χ2v) is 7.83. The fourth-order valence-corrected chi connectivity index (χ4v) is 4.33. The Morgan fingerprint density at radius 2 is 1.95 bits per heavy atom. The van der Waals surface area contributed by atoms with E-state index in [1.165, 1.54) is 5.56 Å². The standard InChI is InChI=1S/C18H25NO3/c1-16(2,3)22-15(21)19-11-17(4)14(10-20)18(17,12-19)13-8-6-5-7-9-13/h5-9,14,20H,10-12H2,1-4H3. The third-order valence-corrected chi connectivity index (χ3v) is 5.38. The molecule has 1 saturated carbocycles. The largest absolute Gasteiger partial charge is 0.444 e. The fourth-order valence-electron chi connectivity index (χ4n) is 4.33. The Hall–Kier alpha value is -1.55. The van der Waals surface area contributed by atoms with Gasteiger partial charge in [0.2, 0.25) is 0 Å². The number of rotatable bonds is 2. The Labute approximate surface area is 132 Å². The van der Waals surface area contributed by atoms with Gasteiger partial charge in [-0.1, -0.05) is 37.3 Å². The number of carbonyl (C=O) groups is 1. The van der Waals surface area contributed by atoms with Crippen LogP contribution in [-0.2, 0) is 10.2 Å². The zero-order valence-corrected chi connectivity index (χ0v) is 13.8. The molecule has 120 valence electrons. The van der Waals surface area contributed by atoms with Crippen LogP contribution in [0.3, 0.4) is 0 Å². The molecule has 2 fully saturated rings. The number of hydrogen-bond donors (Lipinski definition) is 1. The van der Waals surface area contributed by atoms with E-state index in [0.717, 1.165) is 0 Å². The van der Waals surface area contributed by atoms with E-state index in [0.29, 0.717) is 13.1 Å². The van der Waals surface area contributed by atoms with Gasteiger partial charge in [0.05, 0.1) is 0 Å². The summed E-state index contributed by atoms with van der Waals surface area (Å²) in [5, 5.41) is 9.78. The van der Waals surface area contributed by atoms with Crippen molar-refractivity contribution in [3.8, 4) is 0 Å². The van der Waals surface area contributed by atoms with Crippen molar-refractivity contribution in [1.82, 2.24) is 4.90 Å². The van der Waals surface area contributed by atoms with E-state index in [2.05, 4.69) is 19.1 Å². The predicted molar refractivity (Wildman–Crippen MR) is 84.6 cm³/mol. The third-order valence-electron chi connectivity index (χ3n) is 5.38. The van der Waals surface area contributed by atoms with Crippen molar-refractivity contribution in [1.29, 1.82) is 0 Å². The van der Waals surface area contributed by atoms with Gasteiger partial charge in [-0.3, -0.25) is 0 Å². The number of aliphatic hydroxyl groups excluding tert-OH is 1. The lowest BCUT2D eigenvalue weighted by molar-refractivity contribution is 0.0240. The van der Waals surface area contributed by atoms with Gasteiger partial charge in [-0.15, -0.1) is 0 Å². The highest BCUT2D eigenvalue weighted by Gasteiger charge is 2.78. The van der Waals surface area contributed by atoms with E-state index in [9.17, 15) is 9.90 Å². The van der Waals surface area contributed by atoms with E-state index in [1.54, 1.807) is 4.90 Å². The molecule has 3 rings (SSSR count). The monoisotopic (exact) mass is 303 g/mol. The minimum Gasteiger partial charge on any atom is -0.444 e. The fraction of sp³-hybridized carbons (Fsp3) is 0.611. The minimum absolute atomic E-state index is 0.0694. The van der Waals surface area contributed by atoms with Gasteiger partial charge < -0.3 is 14.7 Å². The highest BCUT2D eigenvalue weighted by atomic mass is 16.6.